The highest BCUT2D eigenvalue weighted by molar-refractivity contribution is 7.84. The van der Waals surface area contributed by atoms with Crippen LogP contribution in [0.1, 0.15) is 6.42 Å². The lowest BCUT2D eigenvalue weighted by molar-refractivity contribution is 0.00777. The number of nitrogens with one attached hydrogen (secondary N) is 1. The summed E-state index contributed by atoms with van der Waals surface area (Å²) in [6.45, 7) is -0.338. The van der Waals surface area contributed by atoms with E-state index in [9.17, 15) is 18.6 Å². The van der Waals surface area contributed by atoms with Gasteiger partial charge in [-0.3, -0.25) is 4.18 Å². The molecule has 0 amide bonds. The molecule has 4 atom stereocenters. The van der Waals surface area contributed by atoms with Crippen molar-refractivity contribution < 1.29 is 22.8 Å². The summed E-state index contributed by atoms with van der Waals surface area (Å²) in [5, 5.41) is 36.0. The monoisotopic (exact) mass is 503 g/mol. The number of anilines is 1. The molecule has 34 heavy (non-hydrogen) atoms. The third kappa shape index (κ3) is 4.58. The minimum Gasteiger partial charge on any atom is -0.390 e. The van der Waals surface area contributed by atoms with E-state index in [2.05, 4.69) is 19.6 Å². The van der Waals surface area contributed by atoms with Gasteiger partial charge in [0.25, 0.3) is 0 Å². The SMILES string of the molecule is NS(=O)(=O)OC[C@H]1C[C@@H](Nc2cc(Cl)nc3cc(-c4ccc5ccccc5c4)nn23)[C@H](O)[C@@H]1O. The van der Waals surface area contributed by atoms with Crippen LogP contribution in [0.5, 0.6) is 0 Å². The second-order valence-electron chi connectivity index (χ2n) is 8.33. The summed E-state index contributed by atoms with van der Waals surface area (Å²) < 4.78 is 28.4. The first kappa shape index (κ1) is 23.0. The maximum Gasteiger partial charge on any atom is 0.333 e. The molecule has 2 aromatic heterocycles. The maximum atomic E-state index is 11.1. The molecule has 1 saturated carbocycles. The van der Waals surface area contributed by atoms with Crippen LogP contribution in [0.4, 0.5) is 5.82 Å². The van der Waals surface area contributed by atoms with E-state index in [0.29, 0.717) is 17.2 Å². The smallest absolute Gasteiger partial charge is 0.333 e. The van der Waals surface area contributed by atoms with Crippen LogP contribution >= 0.6 is 11.6 Å². The van der Waals surface area contributed by atoms with E-state index in [1.165, 1.54) is 0 Å². The van der Waals surface area contributed by atoms with E-state index in [4.69, 9.17) is 16.7 Å². The molecular weight excluding hydrogens is 482 g/mol. The quantitative estimate of drug-likeness (QED) is 0.291. The van der Waals surface area contributed by atoms with Gasteiger partial charge in [-0.15, -0.1) is 0 Å². The predicted molar refractivity (Wildman–Crippen MR) is 128 cm³/mol. The van der Waals surface area contributed by atoms with Crippen molar-refractivity contribution in [1.29, 1.82) is 0 Å². The number of rotatable bonds is 6. The molecule has 2 aromatic carbocycles. The number of hydrogen-bond acceptors (Lipinski definition) is 8. The lowest BCUT2D eigenvalue weighted by Crippen LogP contribution is -2.36. The number of aliphatic hydroxyl groups is 2. The molecule has 0 bridgehead atoms. The topological polar surface area (TPSA) is 152 Å². The summed E-state index contributed by atoms with van der Waals surface area (Å²) >= 11 is 6.23. The van der Waals surface area contributed by atoms with Gasteiger partial charge in [0.2, 0.25) is 0 Å². The number of nitrogens with zero attached hydrogens (tertiary/aromatic N) is 3. The van der Waals surface area contributed by atoms with E-state index in [0.717, 1.165) is 16.3 Å². The summed E-state index contributed by atoms with van der Waals surface area (Å²) in [5.74, 6) is -0.171. The van der Waals surface area contributed by atoms with E-state index < -0.39 is 34.5 Å². The zero-order valence-corrected chi connectivity index (χ0v) is 19.3. The normalized spacial score (nSPS) is 23.1. The molecule has 10 nitrogen and oxygen atoms in total. The number of nitrogens with two attached hydrogens (primary N) is 1. The Morgan fingerprint density at radius 2 is 1.88 bits per heavy atom. The zero-order chi connectivity index (χ0) is 24.0. The Kier molecular flexibility index (Phi) is 5.92. The molecule has 0 spiro atoms. The second kappa shape index (κ2) is 8.77. The third-order valence-corrected chi connectivity index (χ3v) is 6.68. The Hall–Kier alpha value is -2.80. The fourth-order valence-corrected chi connectivity index (χ4v) is 4.90. The van der Waals surface area contributed by atoms with Crippen molar-refractivity contribution in [1.82, 2.24) is 14.6 Å². The summed E-state index contributed by atoms with van der Waals surface area (Å²) in [4.78, 5) is 4.34. The molecule has 1 aliphatic carbocycles. The molecule has 178 valence electrons. The lowest BCUT2D eigenvalue weighted by Gasteiger charge is -2.19. The number of fused-ring (bicyclic) bond motifs is 2. The van der Waals surface area contributed by atoms with Crippen molar-refractivity contribution in [3.8, 4) is 11.3 Å². The van der Waals surface area contributed by atoms with Gasteiger partial charge in [0.05, 0.1) is 24.4 Å². The van der Waals surface area contributed by atoms with Crippen molar-refractivity contribution in [2.75, 3.05) is 11.9 Å². The zero-order valence-electron chi connectivity index (χ0n) is 17.7. The Labute approximate surface area is 200 Å². The van der Waals surface area contributed by atoms with Crippen molar-refractivity contribution in [3.63, 3.8) is 0 Å². The van der Waals surface area contributed by atoms with Crippen LogP contribution in [0.25, 0.3) is 27.7 Å². The van der Waals surface area contributed by atoms with Crippen LogP contribution in [0.2, 0.25) is 5.15 Å². The molecule has 2 heterocycles. The van der Waals surface area contributed by atoms with Crippen molar-refractivity contribution in [2.45, 2.75) is 24.7 Å². The lowest BCUT2D eigenvalue weighted by atomic mass is 10.1. The van der Waals surface area contributed by atoms with Crippen LogP contribution < -0.4 is 10.5 Å². The van der Waals surface area contributed by atoms with Gasteiger partial charge in [0, 0.05) is 23.6 Å². The summed E-state index contributed by atoms with van der Waals surface area (Å²) in [7, 11) is -4.15. The van der Waals surface area contributed by atoms with Crippen LogP contribution in [0.15, 0.2) is 54.6 Å². The molecule has 0 unspecified atom stereocenters. The van der Waals surface area contributed by atoms with Gasteiger partial charge in [0.15, 0.2) is 5.65 Å². The van der Waals surface area contributed by atoms with Gasteiger partial charge in [-0.25, -0.2) is 10.1 Å². The largest absolute Gasteiger partial charge is 0.390 e. The van der Waals surface area contributed by atoms with E-state index in [1.807, 2.05) is 48.5 Å². The average Bonchev–Trinajstić information content (AvgIpc) is 3.33. The number of hydrogen-bond donors (Lipinski definition) is 4. The molecule has 12 heteroatoms. The van der Waals surface area contributed by atoms with Gasteiger partial charge in [-0.2, -0.15) is 18.0 Å². The Balaban J connectivity index is 1.44. The fraction of sp³-hybridized carbons (Fsp3) is 0.273. The van der Waals surface area contributed by atoms with E-state index in [-0.39, 0.29) is 18.2 Å². The molecule has 5 rings (SSSR count). The van der Waals surface area contributed by atoms with Gasteiger partial charge < -0.3 is 15.5 Å². The first-order valence-corrected chi connectivity index (χ1v) is 12.4. The number of halogens is 1. The maximum absolute atomic E-state index is 11.1. The van der Waals surface area contributed by atoms with Crippen molar-refractivity contribution >= 4 is 44.1 Å². The highest BCUT2D eigenvalue weighted by Gasteiger charge is 2.42. The first-order valence-electron chi connectivity index (χ1n) is 10.5. The van der Waals surface area contributed by atoms with Crippen LogP contribution in [0.3, 0.4) is 0 Å². The minimum absolute atomic E-state index is 0.224. The summed E-state index contributed by atoms with van der Waals surface area (Å²) in [6.07, 6.45) is -2.14. The van der Waals surface area contributed by atoms with E-state index >= 15 is 0 Å². The predicted octanol–water partition coefficient (Wildman–Crippen LogP) is 1.95. The first-order chi connectivity index (χ1) is 16.2. The van der Waals surface area contributed by atoms with E-state index in [1.54, 1.807) is 10.6 Å². The molecule has 5 N–H and O–H groups in total. The molecule has 0 radical (unpaired) electrons. The number of aromatic nitrogens is 3. The van der Waals surface area contributed by atoms with Crippen LogP contribution in [0, 0.1) is 5.92 Å². The molecule has 0 aliphatic heterocycles. The van der Waals surface area contributed by atoms with Crippen molar-refractivity contribution in [2.24, 2.45) is 11.1 Å². The van der Waals surface area contributed by atoms with Crippen LogP contribution in [-0.4, -0.2) is 58.1 Å². The van der Waals surface area contributed by atoms with Gasteiger partial charge in [0.1, 0.15) is 17.1 Å². The molecular formula is C22H22ClN5O5S. The Morgan fingerprint density at radius 3 is 2.65 bits per heavy atom. The number of benzene rings is 2. The summed E-state index contributed by atoms with van der Waals surface area (Å²) in [5.41, 5.74) is 2.10. The molecule has 4 aromatic rings. The van der Waals surface area contributed by atoms with Gasteiger partial charge >= 0.3 is 10.3 Å². The van der Waals surface area contributed by atoms with Gasteiger partial charge in [-0.05, 0) is 23.3 Å². The standard InChI is InChI=1S/C22H22ClN5O5S/c23-18-10-20(25-17-8-15(21(29)22(17)30)11-33-34(24,31)32)28-19(26-18)9-16(27-28)14-6-5-12-3-1-2-4-13(12)7-14/h1-7,9-10,15,17,21-22,25,29-30H,8,11H2,(H2,24,31,32)/t15-,17-,21-,22+/m1/s1. The van der Waals surface area contributed by atoms with Gasteiger partial charge in [-0.1, -0.05) is 48.0 Å². The summed E-state index contributed by atoms with van der Waals surface area (Å²) in [6, 6.07) is 16.8. The third-order valence-electron chi connectivity index (χ3n) is 6.02. The molecule has 1 aliphatic rings. The Bertz CT molecular complexity index is 1480. The minimum atomic E-state index is -4.15. The number of aliphatic hydroxyl groups excluding tert-OH is 2. The van der Waals surface area contributed by atoms with Crippen molar-refractivity contribution in [3.05, 3.63) is 59.8 Å². The molecule has 1 fully saturated rings. The highest BCUT2D eigenvalue weighted by Crippen LogP contribution is 2.31. The highest BCUT2D eigenvalue weighted by atomic mass is 35.5. The molecule has 0 saturated heterocycles. The Morgan fingerprint density at radius 1 is 1.12 bits per heavy atom. The average molecular weight is 504 g/mol. The van der Waals surface area contributed by atoms with Crippen LogP contribution in [-0.2, 0) is 14.5 Å². The second-order valence-corrected chi connectivity index (χ2v) is 9.94. The fourth-order valence-electron chi connectivity index (χ4n) is 4.34.